The van der Waals surface area contributed by atoms with Crippen molar-refractivity contribution in [2.45, 2.75) is 30.3 Å². The highest BCUT2D eigenvalue weighted by molar-refractivity contribution is 9.10. The van der Waals surface area contributed by atoms with Crippen molar-refractivity contribution in [1.82, 2.24) is 5.32 Å². The van der Waals surface area contributed by atoms with Crippen LogP contribution in [0.5, 0.6) is 0 Å². The molecule has 1 aliphatic heterocycles. The molecule has 1 unspecified atom stereocenters. The van der Waals surface area contributed by atoms with Crippen LogP contribution in [-0.2, 0) is 14.8 Å². The molecule has 1 saturated heterocycles. The number of furan rings is 1. The Balaban J connectivity index is 1.99. The number of amides is 1. The number of hydrogen-bond acceptors (Lipinski definition) is 5. The van der Waals surface area contributed by atoms with Crippen LogP contribution in [0.15, 0.2) is 20.0 Å². The van der Waals surface area contributed by atoms with E-state index in [1.54, 1.807) is 0 Å². The molecule has 0 aliphatic carbocycles. The molecule has 1 amide bonds. The van der Waals surface area contributed by atoms with Gasteiger partial charge in [-0.05, 0) is 35.2 Å². The lowest BCUT2D eigenvalue weighted by molar-refractivity contribution is 0.0167. The van der Waals surface area contributed by atoms with Crippen molar-refractivity contribution in [1.29, 1.82) is 0 Å². The summed E-state index contributed by atoms with van der Waals surface area (Å²) in [5.41, 5.74) is 0. The fraction of sp³-hybridized carbons (Fsp3) is 0.545. The molecular weight excluding hydrogens is 352 g/mol. The first kappa shape index (κ1) is 15.5. The van der Waals surface area contributed by atoms with Gasteiger partial charge in [0, 0.05) is 19.2 Å². The van der Waals surface area contributed by atoms with Gasteiger partial charge in [-0.2, -0.15) is 0 Å². The van der Waals surface area contributed by atoms with Crippen LogP contribution in [0.25, 0.3) is 0 Å². The summed E-state index contributed by atoms with van der Waals surface area (Å²) in [6, 6.07) is 1.09. The van der Waals surface area contributed by atoms with E-state index in [0.29, 0.717) is 13.2 Å². The Morgan fingerprint density at radius 1 is 1.50 bits per heavy atom. The molecule has 7 nitrogen and oxygen atoms in total. The Bertz CT molecular complexity index is 592. The van der Waals surface area contributed by atoms with Gasteiger partial charge in [-0.3, -0.25) is 4.79 Å². The second kappa shape index (κ2) is 6.25. The number of ether oxygens (including phenoxy) is 1. The van der Waals surface area contributed by atoms with Gasteiger partial charge in [0.2, 0.25) is 10.0 Å². The predicted molar refractivity (Wildman–Crippen MR) is 73.7 cm³/mol. The summed E-state index contributed by atoms with van der Waals surface area (Å²) in [6.07, 6.45) is 2.99. The summed E-state index contributed by atoms with van der Waals surface area (Å²) in [6.45, 7) is 1.06. The Morgan fingerprint density at radius 2 is 2.25 bits per heavy atom. The lowest BCUT2D eigenvalue weighted by Crippen LogP contribution is -2.35. The number of halogens is 1. The minimum absolute atomic E-state index is 0.0104. The smallest absolute Gasteiger partial charge is 0.287 e. The lowest BCUT2D eigenvalue weighted by Gasteiger charge is -2.22. The molecule has 2 heterocycles. The summed E-state index contributed by atoms with van der Waals surface area (Å²) in [7, 11) is -3.93. The first-order chi connectivity index (χ1) is 9.38. The monoisotopic (exact) mass is 366 g/mol. The van der Waals surface area contributed by atoms with Crippen molar-refractivity contribution in [2.24, 2.45) is 5.14 Å². The number of nitrogens with one attached hydrogen (secondary N) is 1. The summed E-state index contributed by atoms with van der Waals surface area (Å²) in [4.78, 5) is 11.6. The third-order valence-electron chi connectivity index (χ3n) is 2.95. The summed E-state index contributed by atoms with van der Waals surface area (Å²) >= 11 is 2.92. The topological polar surface area (TPSA) is 112 Å². The molecule has 2 rings (SSSR count). The standard InChI is InChI=1S/C11H15BrN2O5S/c12-10-9(20(13,16)17)5-8(19-10)11(15)14-6-7-3-1-2-4-18-7/h5,7H,1-4,6H2,(H,14,15)(H2,13,16,17). The highest BCUT2D eigenvalue weighted by Crippen LogP contribution is 2.25. The maximum absolute atomic E-state index is 11.9. The third-order valence-corrected chi connectivity index (χ3v) is 4.72. The zero-order valence-corrected chi connectivity index (χ0v) is 13.0. The molecule has 20 heavy (non-hydrogen) atoms. The quantitative estimate of drug-likeness (QED) is 0.824. The van der Waals surface area contributed by atoms with Crippen molar-refractivity contribution >= 4 is 31.9 Å². The zero-order valence-electron chi connectivity index (χ0n) is 10.6. The molecule has 0 spiro atoms. The van der Waals surface area contributed by atoms with Crippen molar-refractivity contribution in [2.75, 3.05) is 13.2 Å². The second-order valence-corrected chi connectivity index (χ2v) is 6.74. The number of primary sulfonamides is 1. The van der Waals surface area contributed by atoms with Gasteiger partial charge < -0.3 is 14.5 Å². The maximum atomic E-state index is 11.9. The number of carbonyl (C=O) groups is 1. The Kier molecular flexibility index (Phi) is 4.84. The number of sulfonamides is 1. The fourth-order valence-corrected chi connectivity index (χ4v) is 3.42. The highest BCUT2D eigenvalue weighted by atomic mass is 79.9. The fourth-order valence-electron chi connectivity index (χ4n) is 1.92. The SMILES string of the molecule is NS(=O)(=O)c1cc(C(=O)NCC2CCCCO2)oc1Br. The molecule has 1 fully saturated rings. The van der Waals surface area contributed by atoms with E-state index in [-0.39, 0.29) is 21.4 Å². The van der Waals surface area contributed by atoms with Gasteiger partial charge in [-0.25, -0.2) is 13.6 Å². The molecule has 0 bridgehead atoms. The van der Waals surface area contributed by atoms with Crippen LogP contribution >= 0.6 is 15.9 Å². The van der Waals surface area contributed by atoms with Gasteiger partial charge >= 0.3 is 0 Å². The molecule has 112 valence electrons. The molecule has 0 aromatic carbocycles. The van der Waals surface area contributed by atoms with Crippen LogP contribution in [0, 0.1) is 0 Å². The average molecular weight is 367 g/mol. The third kappa shape index (κ3) is 3.81. The number of carbonyl (C=O) groups excluding carboxylic acids is 1. The first-order valence-electron chi connectivity index (χ1n) is 6.10. The van der Waals surface area contributed by atoms with Crippen molar-refractivity contribution in [3.63, 3.8) is 0 Å². The van der Waals surface area contributed by atoms with Crippen LogP contribution in [0.2, 0.25) is 0 Å². The first-order valence-corrected chi connectivity index (χ1v) is 8.44. The van der Waals surface area contributed by atoms with Crippen LogP contribution in [-0.4, -0.2) is 33.6 Å². The molecule has 1 aromatic rings. The molecule has 3 N–H and O–H groups in total. The predicted octanol–water partition coefficient (Wildman–Crippen LogP) is 0.988. The summed E-state index contributed by atoms with van der Waals surface area (Å²) in [5.74, 6) is -0.619. The van der Waals surface area contributed by atoms with Gasteiger partial charge in [-0.1, -0.05) is 0 Å². The van der Waals surface area contributed by atoms with Gasteiger partial charge in [0.15, 0.2) is 10.4 Å². The molecule has 9 heteroatoms. The Morgan fingerprint density at radius 3 is 2.80 bits per heavy atom. The lowest BCUT2D eigenvalue weighted by atomic mass is 10.1. The minimum atomic E-state index is -3.93. The average Bonchev–Trinajstić information content (AvgIpc) is 2.79. The largest absolute Gasteiger partial charge is 0.443 e. The zero-order chi connectivity index (χ0) is 14.8. The molecule has 0 saturated carbocycles. The van der Waals surface area contributed by atoms with E-state index in [2.05, 4.69) is 21.2 Å². The van der Waals surface area contributed by atoms with Crippen LogP contribution in [0.1, 0.15) is 29.8 Å². The van der Waals surface area contributed by atoms with Crippen molar-refractivity contribution in [3.8, 4) is 0 Å². The van der Waals surface area contributed by atoms with Crippen LogP contribution < -0.4 is 10.5 Å². The van der Waals surface area contributed by atoms with E-state index in [1.807, 2.05) is 0 Å². The van der Waals surface area contributed by atoms with E-state index in [1.165, 1.54) is 0 Å². The van der Waals surface area contributed by atoms with Crippen LogP contribution in [0.3, 0.4) is 0 Å². The Hall–Kier alpha value is -0.900. The van der Waals surface area contributed by atoms with Crippen LogP contribution in [0.4, 0.5) is 0 Å². The van der Waals surface area contributed by atoms with Gasteiger partial charge in [0.05, 0.1) is 6.10 Å². The van der Waals surface area contributed by atoms with Crippen molar-refractivity contribution in [3.05, 3.63) is 16.5 Å². The molecular formula is C11H15BrN2O5S. The number of rotatable bonds is 4. The number of hydrogen-bond donors (Lipinski definition) is 2. The normalized spacial score (nSPS) is 19.8. The van der Waals surface area contributed by atoms with E-state index in [4.69, 9.17) is 14.3 Å². The Labute approximate surface area is 125 Å². The van der Waals surface area contributed by atoms with E-state index in [9.17, 15) is 13.2 Å². The molecule has 1 aliphatic rings. The second-order valence-electron chi connectivity index (χ2n) is 4.49. The molecule has 1 aromatic heterocycles. The van der Waals surface area contributed by atoms with Gasteiger partial charge in [-0.15, -0.1) is 0 Å². The van der Waals surface area contributed by atoms with E-state index in [0.717, 1.165) is 25.3 Å². The van der Waals surface area contributed by atoms with Crippen molar-refractivity contribution < 1.29 is 22.4 Å². The molecule has 1 atom stereocenters. The van der Waals surface area contributed by atoms with E-state index < -0.39 is 15.9 Å². The summed E-state index contributed by atoms with van der Waals surface area (Å²) < 4.78 is 32.9. The summed E-state index contributed by atoms with van der Waals surface area (Å²) in [5, 5.41) is 7.64. The van der Waals surface area contributed by atoms with Gasteiger partial charge in [0.1, 0.15) is 4.90 Å². The van der Waals surface area contributed by atoms with Gasteiger partial charge in [0.25, 0.3) is 5.91 Å². The number of nitrogens with two attached hydrogens (primary N) is 1. The van der Waals surface area contributed by atoms with E-state index >= 15 is 0 Å². The highest BCUT2D eigenvalue weighted by Gasteiger charge is 2.23. The minimum Gasteiger partial charge on any atom is -0.443 e. The molecule has 0 radical (unpaired) electrons. The maximum Gasteiger partial charge on any atom is 0.287 e.